The van der Waals surface area contributed by atoms with Gasteiger partial charge in [0.15, 0.2) is 0 Å². The molecule has 0 heterocycles. The van der Waals surface area contributed by atoms with Crippen LogP contribution in [0.15, 0.2) is 53.4 Å². The molecule has 0 spiro atoms. The molecule has 0 unspecified atom stereocenters. The lowest BCUT2D eigenvalue weighted by Crippen LogP contribution is -2.44. The summed E-state index contributed by atoms with van der Waals surface area (Å²) >= 11 is 0. The van der Waals surface area contributed by atoms with Crippen LogP contribution in [0.2, 0.25) is 0 Å². The quantitative estimate of drug-likeness (QED) is 0.554. The van der Waals surface area contributed by atoms with Crippen molar-refractivity contribution in [2.75, 3.05) is 19.2 Å². The standard InChI is InChI=1S/C15H19N3O3S/c1-16-18(17-2)14-8-9-15(22(19,20)21)13(11-14)10-12-6-4-3-5-7-12/h3-9,11,16-17H,10H2,1-2H3,(H,19,20,21). The van der Waals surface area contributed by atoms with Gasteiger partial charge in [-0.2, -0.15) is 8.42 Å². The number of rotatable bonds is 6. The topological polar surface area (TPSA) is 81.7 Å². The zero-order valence-electron chi connectivity index (χ0n) is 12.4. The van der Waals surface area contributed by atoms with Gasteiger partial charge in [0.05, 0.1) is 10.6 Å². The molecule has 0 bridgehead atoms. The van der Waals surface area contributed by atoms with Gasteiger partial charge in [0, 0.05) is 14.1 Å². The molecular formula is C15H19N3O3S. The zero-order chi connectivity index (χ0) is 16.2. The van der Waals surface area contributed by atoms with E-state index in [4.69, 9.17) is 0 Å². The van der Waals surface area contributed by atoms with Crippen LogP contribution < -0.4 is 16.0 Å². The molecule has 0 aliphatic carbocycles. The third-order valence-electron chi connectivity index (χ3n) is 3.26. The first-order valence-corrected chi connectivity index (χ1v) is 8.19. The Morgan fingerprint density at radius 3 is 2.23 bits per heavy atom. The van der Waals surface area contributed by atoms with Gasteiger partial charge in [-0.3, -0.25) is 4.55 Å². The molecule has 0 saturated carbocycles. The molecule has 0 fully saturated rings. The van der Waals surface area contributed by atoms with E-state index in [1.807, 2.05) is 30.3 Å². The maximum Gasteiger partial charge on any atom is 0.294 e. The maximum atomic E-state index is 11.6. The number of anilines is 1. The fraction of sp³-hybridized carbons (Fsp3) is 0.200. The van der Waals surface area contributed by atoms with Crippen molar-refractivity contribution in [3.05, 3.63) is 59.7 Å². The number of nitrogens with zero attached hydrogens (tertiary/aromatic N) is 1. The molecule has 6 nitrogen and oxygen atoms in total. The van der Waals surface area contributed by atoms with Crippen LogP contribution in [0.4, 0.5) is 5.69 Å². The third kappa shape index (κ3) is 3.83. The van der Waals surface area contributed by atoms with Crippen molar-refractivity contribution in [3.8, 4) is 0 Å². The molecule has 2 aromatic carbocycles. The minimum Gasteiger partial charge on any atom is -0.282 e. The van der Waals surface area contributed by atoms with Crippen molar-refractivity contribution < 1.29 is 13.0 Å². The molecule has 7 heteroatoms. The molecule has 0 saturated heterocycles. The van der Waals surface area contributed by atoms with E-state index in [9.17, 15) is 13.0 Å². The Bertz CT molecular complexity index is 729. The Morgan fingerprint density at radius 2 is 1.68 bits per heavy atom. The van der Waals surface area contributed by atoms with E-state index in [1.54, 1.807) is 31.3 Å². The fourth-order valence-corrected chi connectivity index (χ4v) is 2.98. The normalized spacial score (nSPS) is 11.4. The molecule has 0 atom stereocenters. The van der Waals surface area contributed by atoms with E-state index < -0.39 is 10.1 Å². The number of hydrogen-bond acceptors (Lipinski definition) is 5. The second-order valence-electron chi connectivity index (χ2n) is 4.71. The van der Waals surface area contributed by atoms with Crippen molar-refractivity contribution in [2.45, 2.75) is 11.3 Å². The highest BCUT2D eigenvalue weighted by Crippen LogP contribution is 2.24. The van der Waals surface area contributed by atoms with Crippen LogP contribution in [0.25, 0.3) is 0 Å². The second kappa shape index (κ2) is 6.89. The third-order valence-corrected chi connectivity index (χ3v) is 4.22. The van der Waals surface area contributed by atoms with Gasteiger partial charge in [-0.05, 0) is 35.7 Å². The monoisotopic (exact) mass is 321 g/mol. The van der Waals surface area contributed by atoms with Gasteiger partial charge >= 0.3 is 0 Å². The first-order chi connectivity index (χ1) is 10.5. The smallest absolute Gasteiger partial charge is 0.282 e. The lowest BCUT2D eigenvalue weighted by Gasteiger charge is -2.23. The molecular weight excluding hydrogens is 302 g/mol. The second-order valence-corrected chi connectivity index (χ2v) is 6.10. The van der Waals surface area contributed by atoms with E-state index in [-0.39, 0.29) is 4.90 Å². The summed E-state index contributed by atoms with van der Waals surface area (Å²) in [5.41, 5.74) is 8.09. The minimum atomic E-state index is -4.27. The van der Waals surface area contributed by atoms with Crippen molar-refractivity contribution in [2.24, 2.45) is 0 Å². The first kappa shape index (κ1) is 16.4. The lowest BCUT2D eigenvalue weighted by atomic mass is 10.0. The molecule has 2 rings (SSSR count). The van der Waals surface area contributed by atoms with Crippen LogP contribution >= 0.6 is 0 Å². The molecule has 0 aliphatic rings. The highest BCUT2D eigenvalue weighted by molar-refractivity contribution is 7.85. The van der Waals surface area contributed by atoms with Gasteiger partial charge in [0.25, 0.3) is 10.1 Å². The van der Waals surface area contributed by atoms with E-state index in [2.05, 4.69) is 10.9 Å². The Labute approximate surface area is 130 Å². The Kier molecular flexibility index (Phi) is 5.15. The molecule has 22 heavy (non-hydrogen) atoms. The van der Waals surface area contributed by atoms with Crippen LogP contribution in [0.1, 0.15) is 11.1 Å². The Morgan fingerprint density at radius 1 is 1.05 bits per heavy atom. The maximum absolute atomic E-state index is 11.6. The highest BCUT2D eigenvalue weighted by atomic mass is 32.2. The largest absolute Gasteiger partial charge is 0.294 e. The van der Waals surface area contributed by atoms with Gasteiger partial charge < -0.3 is 0 Å². The molecule has 0 amide bonds. The van der Waals surface area contributed by atoms with Crippen molar-refractivity contribution in [1.82, 2.24) is 10.9 Å². The average molecular weight is 321 g/mol. The summed E-state index contributed by atoms with van der Waals surface area (Å²) in [5, 5.41) is 1.64. The van der Waals surface area contributed by atoms with Crippen LogP contribution in [-0.2, 0) is 16.5 Å². The Balaban J connectivity index is 2.49. The fourth-order valence-electron chi connectivity index (χ4n) is 2.28. The van der Waals surface area contributed by atoms with E-state index in [1.165, 1.54) is 6.07 Å². The first-order valence-electron chi connectivity index (χ1n) is 6.75. The summed E-state index contributed by atoms with van der Waals surface area (Å²) in [6, 6.07) is 14.2. The van der Waals surface area contributed by atoms with Gasteiger partial charge in [-0.1, -0.05) is 30.3 Å². The van der Waals surface area contributed by atoms with Gasteiger partial charge in [-0.25, -0.2) is 16.0 Å². The van der Waals surface area contributed by atoms with Crippen LogP contribution in [0, 0.1) is 0 Å². The number of nitrogens with one attached hydrogen (secondary N) is 2. The van der Waals surface area contributed by atoms with Gasteiger partial charge in [0.2, 0.25) is 0 Å². The summed E-state index contributed by atoms with van der Waals surface area (Å²) in [5.74, 6) is 0. The lowest BCUT2D eigenvalue weighted by molar-refractivity contribution is 0.482. The van der Waals surface area contributed by atoms with Crippen LogP contribution in [-0.4, -0.2) is 27.1 Å². The van der Waals surface area contributed by atoms with Crippen LogP contribution in [0.3, 0.4) is 0 Å². The van der Waals surface area contributed by atoms with Gasteiger partial charge in [0.1, 0.15) is 0 Å². The average Bonchev–Trinajstić information content (AvgIpc) is 2.48. The van der Waals surface area contributed by atoms with E-state index in [0.29, 0.717) is 12.0 Å². The van der Waals surface area contributed by atoms with Crippen molar-refractivity contribution in [3.63, 3.8) is 0 Å². The van der Waals surface area contributed by atoms with Crippen LogP contribution in [0.5, 0.6) is 0 Å². The van der Waals surface area contributed by atoms with Gasteiger partial charge in [-0.15, -0.1) is 0 Å². The molecule has 2 aromatic rings. The summed E-state index contributed by atoms with van der Waals surface area (Å²) in [6.07, 6.45) is 0.408. The molecule has 118 valence electrons. The van der Waals surface area contributed by atoms with E-state index >= 15 is 0 Å². The predicted octanol–water partition coefficient (Wildman–Crippen LogP) is 1.60. The summed E-state index contributed by atoms with van der Waals surface area (Å²) in [6.45, 7) is 0. The predicted molar refractivity (Wildman–Crippen MR) is 86.1 cm³/mol. The summed E-state index contributed by atoms with van der Waals surface area (Å²) in [7, 11) is -0.789. The van der Waals surface area contributed by atoms with E-state index in [0.717, 1.165) is 11.3 Å². The van der Waals surface area contributed by atoms with Crippen molar-refractivity contribution >= 4 is 15.8 Å². The molecule has 0 aromatic heterocycles. The van der Waals surface area contributed by atoms with Crippen molar-refractivity contribution in [1.29, 1.82) is 0 Å². The molecule has 0 aliphatic heterocycles. The minimum absolute atomic E-state index is 0.0766. The SMILES string of the molecule is CNN(NC)c1ccc(S(=O)(=O)O)c(Cc2ccccc2)c1. The summed E-state index contributed by atoms with van der Waals surface area (Å²) in [4.78, 5) is -0.0766. The number of hydrazine groups is 2. The Hall–Kier alpha value is -1.93. The zero-order valence-corrected chi connectivity index (χ0v) is 13.3. The molecule has 0 radical (unpaired) electrons. The highest BCUT2D eigenvalue weighted by Gasteiger charge is 2.17. The number of hydrogen-bond donors (Lipinski definition) is 3. The number of benzene rings is 2. The summed E-state index contributed by atoms with van der Waals surface area (Å²) < 4.78 is 32.6. The molecule has 3 N–H and O–H groups in total.